The number of nitrogens with one attached hydrogen (secondary N) is 3. The van der Waals surface area contributed by atoms with Crippen molar-refractivity contribution in [2.24, 2.45) is 0 Å². The van der Waals surface area contributed by atoms with Crippen LogP contribution in [0.15, 0.2) is 48.9 Å². The molecular weight excluding hydrogens is 443 g/mol. The Morgan fingerprint density at radius 3 is 2.75 bits per heavy atom. The number of rotatable bonds is 5. The first-order chi connectivity index (χ1) is 15.3. The Labute approximate surface area is 187 Å². The van der Waals surface area contributed by atoms with Crippen LogP contribution < -0.4 is 10.6 Å². The predicted octanol–water partition coefficient (Wildman–Crippen LogP) is 4.76. The minimum atomic E-state index is -4.68. The van der Waals surface area contributed by atoms with E-state index in [0.29, 0.717) is 0 Å². The number of aromatic amines is 1. The third-order valence-corrected chi connectivity index (χ3v) is 5.91. The van der Waals surface area contributed by atoms with Gasteiger partial charge in [-0.3, -0.25) is 9.89 Å². The Kier molecular flexibility index (Phi) is 6.48. The molecule has 1 amide bonds. The fourth-order valence-corrected chi connectivity index (χ4v) is 4.24. The van der Waals surface area contributed by atoms with E-state index >= 15 is 0 Å². The van der Waals surface area contributed by atoms with Gasteiger partial charge < -0.3 is 10.6 Å². The third-order valence-electron chi connectivity index (χ3n) is 5.52. The van der Waals surface area contributed by atoms with Crippen molar-refractivity contribution < 1.29 is 18.0 Å². The second-order valence-corrected chi connectivity index (χ2v) is 8.02. The molecule has 1 saturated heterocycles. The monoisotopic (exact) mass is 463 g/mol. The number of piperidine rings is 1. The van der Waals surface area contributed by atoms with E-state index in [1.807, 2.05) is 24.3 Å². The zero-order chi connectivity index (χ0) is 22.7. The van der Waals surface area contributed by atoms with E-state index in [9.17, 15) is 18.0 Å². The van der Waals surface area contributed by atoms with Crippen LogP contribution in [0.1, 0.15) is 46.9 Å². The summed E-state index contributed by atoms with van der Waals surface area (Å²) in [5.74, 6) is -0.757. The highest BCUT2D eigenvalue weighted by atomic mass is 35.5. The Hall–Kier alpha value is -2.91. The molecule has 1 aromatic carbocycles. The highest BCUT2D eigenvalue weighted by molar-refractivity contribution is 6.34. The summed E-state index contributed by atoms with van der Waals surface area (Å²) < 4.78 is 39.7. The first kappa shape index (κ1) is 22.3. The lowest BCUT2D eigenvalue weighted by Crippen LogP contribution is -2.46. The van der Waals surface area contributed by atoms with Gasteiger partial charge in [0, 0.05) is 24.0 Å². The number of amides is 1. The molecule has 32 heavy (non-hydrogen) atoms. The number of hydrogen-bond acceptors (Lipinski definition) is 4. The maximum absolute atomic E-state index is 13.2. The summed E-state index contributed by atoms with van der Waals surface area (Å²) in [7, 11) is 0. The van der Waals surface area contributed by atoms with Crippen molar-refractivity contribution in [3.8, 4) is 11.1 Å². The molecule has 2 aromatic heterocycles. The third kappa shape index (κ3) is 4.78. The van der Waals surface area contributed by atoms with E-state index in [4.69, 9.17) is 11.6 Å². The molecule has 2 atom stereocenters. The Balaban J connectivity index is 1.67. The van der Waals surface area contributed by atoms with Crippen LogP contribution >= 0.6 is 11.6 Å². The molecule has 6 nitrogen and oxygen atoms in total. The standard InChI is InChI=1S/C22H21ClF3N5O/c23-18-16(22(24,25)26)7-9-28-20(18)21(32)31-19(17-6-1-2-8-27-17)14-5-3-4-13(10-14)15-11-29-30-12-15/h3-5,7,9-12,17,19,27H,1-2,6,8H2,(H,29,30)(H,31,32)/t17-,19?/m0/s1. The first-order valence-corrected chi connectivity index (χ1v) is 10.6. The first-order valence-electron chi connectivity index (χ1n) is 10.2. The minimum absolute atomic E-state index is 0.0862. The summed E-state index contributed by atoms with van der Waals surface area (Å²) in [5, 5.41) is 12.3. The van der Waals surface area contributed by atoms with Gasteiger partial charge in [-0.2, -0.15) is 18.3 Å². The van der Waals surface area contributed by atoms with Crippen molar-refractivity contribution in [1.82, 2.24) is 25.8 Å². The van der Waals surface area contributed by atoms with Crippen LogP contribution in [0.3, 0.4) is 0 Å². The van der Waals surface area contributed by atoms with Crippen LogP contribution in [0.4, 0.5) is 13.2 Å². The normalized spacial score (nSPS) is 17.7. The topological polar surface area (TPSA) is 82.7 Å². The maximum Gasteiger partial charge on any atom is 0.417 e. The zero-order valence-corrected chi connectivity index (χ0v) is 17.7. The maximum atomic E-state index is 13.2. The summed E-state index contributed by atoms with van der Waals surface area (Å²) in [6.07, 6.45) is 2.52. The van der Waals surface area contributed by atoms with Gasteiger partial charge in [0.15, 0.2) is 0 Å². The second-order valence-electron chi connectivity index (χ2n) is 7.64. The zero-order valence-electron chi connectivity index (χ0n) is 16.9. The van der Waals surface area contributed by atoms with Gasteiger partial charge in [-0.1, -0.05) is 36.2 Å². The molecule has 3 heterocycles. The van der Waals surface area contributed by atoms with Crippen LogP contribution in [0.25, 0.3) is 11.1 Å². The van der Waals surface area contributed by atoms with Crippen molar-refractivity contribution in [2.75, 3.05) is 6.54 Å². The quantitative estimate of drug-likeness (QED) is 0.509. The average Bonchev–Trinajstić information content (AvgIpc) is 3.32. The van der Waals surface area contributed by atoms with Gasteiger partial charge in [0.25, 0.3) is 5.91 Å². The second kappa shape index (κ2) is 9.30. The number of hydrogen-bond donors (Lipinski definition) is 3. The van der Waals surface area contributed by atoms with Gasteiger partial charge in [0.05, 0.1) is 22.8 Å². The summed E-state index contributed by atoms with van der Waals surface area (Å²) in [6, 6.07) is 7.80. The van der Waals surface area contributed by atoms with Crippen molar-refractivity contribution >= 4 is 17.5 Å². The fourth-order valence-electron chi connectivity index (χ4n) is 3.93. The molecule has 3 N–H and O–H groups in total. The molecule has 1 fully saturated rings. The highest BCUT2D eigenvalue weighted by Crippen LogP contribution is 2.36. The van der Waals surface area contributed by atoms with E-state index < -0.39 is 34.4 Å². The number of H-pyrrole nitrogens is 1. The number of aromatic nitrogens is 3. The van der Waals surface area contributed by atoms with Gasteiger partial charge in [-0.25, -0.2) is 4.98 Å². The van der Waals surface area contributed by atoms with E-state index in [0.717, 1.165) is 54.8 Å². The number of carbonyl (C=O) groups excluding carboxylic acids is 1. The van der Waals surface area contributed by atoms with E-state index in [1.54, 1.807) is 12.4 Å². The lowest BCUT2D eigenvalue weighted by atomic mass is 9.91. The molecule has 1 aliphatic heterocycles. The van der Waals surface area contributed by atoms with Crippen LogP contribution in [0, 0.1) is 0 Å². The summed E-state index contributed by atoms with van der Waals surface area (Å²) in [6.45, 7) is 0.793. The molecule has 10 heteroatoms. The lowest BCUT2D eigenvalue weighted by Gasteiger charge is -2.32. The molecule has 0 aliphatic carbocycles. The van der Waals surface area contributed by atoms with Gasteiger partial charge in [-0.05, 0) is 42.6 Å². The van der Waals surface area contributed by atoms with Crippen molar-refractivity contribution in [2.45, 2.75) is 37.5 Å². The summed E-state index contributed by atoms with van der Waals surface area (Å²) >= 11 is 5.93. The van der Waals surface area contributed by atoms with Gasteiger partial charge >= 0.3 is 6.18 Å². The molecule has 0 bridgehead atoms. The number of nitrogens with zero attached hydrogens (tertiary/aromatic N) is 2. The smallest absolute Gasteiger partial charge is 0.342 e. The largest absolute Gasteiger partial charge is 0.417 e. The minimum Gasteiger partial charge on any atom is -0.342 e. The molecular formula is C22H21ClF3N5O. The predicted molar refractivity (Wildman–Crippen MR) is 114 cm³/mol. The highest BCUT2D eigenvalue weighted by Gasteiger charge is 2.36. The molecule has 0 saturated carbocycles. The molecule has 1 unspecified atom stereocenters. The van der Waals surface area contributed by atoms with Crippen LogP contribution in [-0.4, -0.2) is 33.7 Å². The number of benzene rings is 1. The van der Waals surface area contributed by atoms with E-state index in [-0.39, 0.29) is 6.04 Å². The van der Waals surface area contributed by atoms with Crippen molar-refractivity contribution in [3.63, 3.8) is 0 Å². The fraction of sp³-hybridized carbons (Fsp3) is 0.318. The van der Waals surface area contributed by atoms with Gasteiger partial charge in [-0.15, -0.1) is 0 Å². The van der Waals surface area contributed by atoms with Gasteiger partial charge in [0.2, 0.25) is 0 Å². The van der Waals surface area contributed by atoms with Crippen LogP contribution in [0.2, 0.25) is 5.02 Å². The summed E-state index contributed by atoms with van der Waals surface area (Å²) in [5.41, 5.74) is 1.07. The molecule has 4 rings (SSSR count). The number of carbonyl (C=O) groups is 1. The molecule has 0 radical (unpaired) electrons. The van der Waals surface area contributed by atoms with E-state index in [1.165, 1.54) is 0 Å². The Morgan fingerprint density at radius 2 is 2.06 bits per heavy atom. The van der Waals surface area contributed by atoms with E-state index in [2.05, 4.69) is 25.8 Å². The molecule has 3 aromatic rings. The number of halogens is 4. The number of pyridine rings is 1. The lowest BCUT2D eigenvalue weighted by molar-refractivity contribution is -0.137. The molecule has 1 aliphatic rings. The van der Waals surface area contributed by atoms with Crippen LogP contribution in [0.5, 0.6) is 0 Å². The Bertz CT molecular complexity index is 1080. The number of alkyl halides is 3. The Morgan fingerprint density at radius 1 is 1.22 bits per heavy atom. The molecule has 0 spiro atoms. The molecule has 168 valence electrons. The SMILES string of the molecule is O=C(NC(c1cccc(-c2cn[nH]c2)c1)[C@@H]1CCCCN1)c1nccc(C(F)(F)F)c1Cl. The summed E-state index contributed by atoms with van der Waals surface area (Å²) in [4.78, 5) is 16.8. The van der Waals surface area contributed by atoms with Crippen molar-refractivity contribution in [1.29, 1.82) is 0 Å². The van der Waals surface area contributed by atoms with Crippen LogP contribution in [-0.2, 0) is 6.18 Å². The average molecular weight is 464 g/mol. The van der Waals surface area contributed by atoms with Gasteiger partial charge in [0.1, 0.15) is 5.69 Å². The van der Waals surface area contributed by atoms with Crippen molar-refractivity contribution in [3.05, 3.63) is 70.8 Å².